The van der Waals surface area contributed by atoms with Crippen molar-refractivity contribution in [1.82, 2.24) is 19.4 Å². The van der Waals surface area contributed by atoms with E-state index in [1.165, 1.54) is 4.31 Å². The van der Waals surface area contributed by atoms with Crippen LogP contribution >= 0.6 is 0 Å². The highest BCUT2D eigenvalue weighted by atomic mass is 32.2. The van der Waals surface area contributed by atoms with E-state index in [2.05, 4.69) is 5.32 Å². The van der Waals surface area contributed by atoms with Gasteiger partial charge in [0.25, 0.3) is 0 Å². The molecule has 152 valence electrons. The van der Waals surface area contributed by atoms with E-state index in [-0.39, 0.29) is 31.0 Å². The van der Waals surface area contributed by atoms with Crippen LogP contribution < -0.4 is 5.32 Å². The predicted molar refractivity (Wildman–Crippen MR) is 99.3 cm³/mol. The number of nitrogens with one attached hydrogen (secondary N) is 1. The normalized spacial score (nSPS) is 16.2. The van der Waals surface area contributed by atoms with E-state index >= 15 is 0 Å². The quantitative estimate of drug-likeness (QED) is 0.590. The van der Waals surface area contributed by atoms with Crippen molar-refractivity contribution < 1.29 is 22.7 Å². The van der Waals surface area contributed by atoms with Crippen molar-refractivity contribution in [1.29, 1.82) is 0 Å². The van der Waals surface area contributed by atoms with E-state index in [1.807, 2.05) is 19.0 Å². The molecule has 0 atom stereocenters. The minimum atomic E-state index is -3.34. The molecule has 9 nitrogen and oxygen atoms in total. The topological polar surface area (TPSA) is 99.3 Å². The molecule has 0 aromatic rings. The molecular formula is C16H32N4O5S. The molecule has 1 aliphatic rings. The van der Waals surface area contributed by atoms with Gasteiger partial charge < -0.3 is 19.9 Å². The van der Waals surface area contributed by atoms with Crippen molar-refractivity contribution in [3.63, 3.8) is 0 Å². The third kappa shape index (κ3) is 8.33. The first-order valence-corrected chi connectivity index (χ1v) is 10.8. The van der Waals surface area contributed by atoms with Crippen molar-refractivity contribution >= 4 is 22.0 Å². The monoisotopic (exact) mass is 392 g/mol. The molecule has 0 aromatic carbocycles. The van der Waals surface area contributed by atoms with E-state index in [0.29, 0.717) is 45.6 Å². The van der Waals surface area contributed by atoms with Crippen molar-refractivity contribution in [2.45, 2.75) is 32.2 Å². The van der Waals surface area contributed by atoms with Gasteiger partial charge in [-0.1, -0.05) is 0 Å². The number of carbonyl (C=O) groups excluding carboxylic acids is 2. The van der Waals surface area contributed by atoms with E-state index in [1.54, 1.807) is 11.8 Å². The SMILES string of the molecule is CCOC(=O)N1CCC(NC(=O)CCN(CCN(C)C)S(C)(=O)=O)CC1. The molecule has 0 saturated carbocycles. The molecule has 0 aromatic heterocycles. The number of piperidine rings is 1. The Kier molecular flexibility index (Phi) is 9.31. The van der Waals surface area contributed by atoms with Crippen molar-refractivity contribution in [2.75, 3.05) is 59.7 Å². The summed E-state index contributed by atoms with van der Waals surface area (Å²) < 4.78 is 29.9. The molecule has 0 aliphatic carbocycles. The molecule has 0 spiro atoms. The number of amides is 2. The van der Waals surface area contributed by atoms with Crippen LogP contribution in [0.1, 0.15) is 26.2 Å². The van der Waals surface area contributed by atoms with Crippen LogP contribution in [0.25, 0.3) is 0 Å². The Hall–Kier alpha value is -1.39. The lowest BCUT2D eigenvalue weighted by molar-refractivity contribution is -0.122. The minimum Gasteiger partial charge on any atom is -0.450 e. The van der Waals surface area contributed by atoms with Gasteiger partial charge in [-0.2, -0.15) is 0 Å². The molecule has 0 unspecified atom stereocenters. The molecule has 1 N–H and O–H groups in total. The smallest absolute Gasteiger partial charge is 0.409 e. The first-order chi connectivity index (χ1) is 12.1. The van der Waals surface area contributed by atoms with Crippen LogP contribution in [-0.2, 0) is 19.6 Å². The summed E-state index contributed by atoms with van der Waals surface area (Å²) >= 11 is 0. The number of likely N-dealkylation sites (tertiary alicyclic amines) is 1. The van der Waals surface area contributed by atoms with Crippen LogP contribution in [0.15, 0.2) is 0 Å². The molecule has 1 rings (SSSR count). The van der Waals surface area contributed by atoms with Crippen molar-refractivity contribution in [3.8, 4) is 0 Å². The highest BCUT2D eigenvalue weighted by Crippen LogP contribution is 2.12. The Bertz CT molecular complexity index is 559. The molecule has 26 heavy (non-hydrogen) atoms. The molecule has 0 bridgehead atoms. The first kappa shape index (κ1) is 22.7. The highest BCUT2D eigenvalue weighted by Gasteiger charge is 2.25. The predicted octanol–water partition coefficient (Wildman–Crippen LogP) is -0.0632. The van der Waals surface area contributed by atoms with E-state index in [0.717, 1.165) is 6.26 Å². The number of carbonyl (C=O) groups is 2. The summed E-state index contributed by atoms with van der Waals surface area (Å²) in [6.45, 7) is 4.33. The number of hydrogen-bond donors (Lipinski definition) is 1. The van der Waals surface area contributed by atoms with Gasteiger partial charge in [-0.05, 0) is 33.9 Å². The van der Waals surface area contributed by atoms with Gasteiger partial charge in [0.15, 0.2) is 0 Å². The summed E-state index contributed by atoms with van der Waals surface area (Å²) in [6.07, 6.45) is 2.30. The Morgan fingerprint density at radius 3 is 2.27 bits per heavy atom. The van der Waals surface area contributed by atoms with Gasteiger partial charge in [-0.15, -0.1) is 0 Å². The second-order valence-corrected chi connectivity index (χ2v) is 8.73. The van der Waals surface area contributed by atoms with Gasteiger partial charge >= 0.3 is 6.09 Å². The van der Waals surface area contributed by atoms with Crippen LogP contribution in [0.4, 0.5) is 4.79 Å². The maximum absolute atomic E-state index is 12.2. The largest absolute Gasteiger partial charge is 0.450 e. The van der Waals surface area contributed by atoms with Gasteiger partial charge in [0.2, 0.25) is 15.9 Å². The molecule has 1 heterocycles. The molecule has 1 aliphatic heterocycles. The van der Waals surface area contributed by atoms with Gasteiger partial charge in [0.1, 0.15) is 0 Å². The van der Waals surface area contributed by atoms with Crippen molar-refractivity contribution in [2.24, 2.45) is 0 Å². The second kappa shape index (κ2) is 10.7. The number of likely N-dealkylation sites (N-methyl/N-ethyl adjacent to an activating group) is 1. The van der Waals surface area contributed by atoms with E-state index < -0.39 is 10.0 Å². The summed E-state index contributed by atoms with van der Waals surface area (Å²) in [4.78, 5) is 27.3. The van der Waals surface area contributed by atoms with E-state index in [9.17, 15) is 18.0 Å². The number of hydrogen-bond acceptors (Lipinski definition) is 6. The van der Waals surface area contributed by atoms with Crippen molar-refractivity contribution in [3.05, 3.63) is 0 Å². The molecule has 1 fully saturated rings. The Balaban J connectivity index is 2.38. The van der Waals surface area contributed by atoms with Gasteiger partial charge in [-0.25, -0.2) is 17.5 Å². The number of ether oxygens (including phenoxy) is 1. The van der Waals surface area contributed by atoms with Gasteiger partial charge in [0, 0.05) is 45.2 Å². The summed E-state index contributed by atoms with van der Waals surface area (Å²) in [5, 5.41) is 2.93. The number of rotatable bonds is 9. The van der Waals surface area contributed by atoms with Gasteiger partial charge in [0.05, 0.1) is 12.9 Å². The maximum Gasteiger partial charge on any atom is 0.409 e. The summed E-state index contributed by atoms with van der Waals surface area (Å²) in [7, 11) is 0.399. The summed E-state index contributed by atoms with van der Waals surface area (Å²) in [5.74, 6) is -0.168. The molecule has 2 amide bonds. The summed E-state index contributed by atoms with van der Waals surface area (Å²) in [5.41, 5.74) is 0. The lowest BCUT2D eigenvalue weighted by atomic mass is 10.1. The molecule has 1 saturated heterocycles. The van der Waals surface area contributed by atoms with Crippen LogP contribution in [0.5, 0.6) is 0 Å². The second-order valence-electron chi connectivity index (χ2n) is 6.74. The Labute approximate surface area is 156 Å². The maximum atomic E-state index is 12.2. The van der Waals surface area contributed by atoms with E-state index in [4.69, 9.17) is 4.74 Å². The fourth-order valence-electron chi connectivity index (χ4n) is 2.70. The fourth-order valence-corrected chi connectivity index (χ4v) is 3.54. The highest BCUT2D eigenvalue weighted by molar-refractivity contribution is 7.88. The van der Waals surface area contributed by atoms with Crippen LogP contribution in [0, 0.1) is 0 Å². The fraction of sp³-hybridized carbons (Fsp3) is 0.875. The molecule has 0 radical (unpaired) electrons. The lowest BCUT2D eigenvalue weighted by Crippen LogP contribution is -2.47. The number of nitrogens with zero attached hydrogens (tertiary/aromatic N) is 3. The average molecular weight is 393 g/mol. The van der Waals surface area contributed by atoms with Crippen LogP contribution in [0.3, 0.4) is 0 Å². The zero-order valence-electron chi connectivity index (χ0n) is 16.2. The van der Waals surface area contributed by atoms with Crippen LogP contribution in [-0.4, -0.2) is 100 Å². The van der Waals surface area contributed by atoms with Gasteiger partial charge in [-0.3, -0.25) is 4.79 Å². The minimum absolute atomic E-state index is 0.00151. The molecular weight excluding hydrogens is 360 g/mol. The third-order valence-corrected chi connectivity index (χ3v) is 5.54. The third-order valence-electron chi connectivity index (χ3n) is 4.24. The Morgan fingerprint density at radius 2 is 1.77 bits per heavy atom. The van der Waals surface area contributed by atoms with Crippen LogP contribution in [0.2, 0.25) is 0 Å². The summed E-state index contributed by atoms with van der Waals surface area (Å²) in [6, 6.07) is 0.00151. The first-order valence-electron chi connectivity index (χ1n) is 8.94. The Morgan fingerprint density at radius 1 is 1.15 bits per heavy atom. The standard InChI is InChI=1S/C16H32N4O5S/c1-5-25-16(22)19-9-6-14(7-10-19)17-15(21)8-11-20(26(4,23)24)13-12-18(2)3/h14H,5-13H2,1-4H3,(H,17,21). The zero-order chi connectivity index (χ0) is 19.7. The average Bonchev–Trinajstić information content (AvgIpc) is 2.54. The lowest BCUT2D eigenvalue weighted by Gasteiger charge is -2.31. The number of sulfonamides is 1. The molecule has 10 heteroatoms. The zero-order valence-corrected chi connectivity index (χ0v) is 17.0.